The molecule has 2 aromatic carbocycles. The molecule has 2 aromatic rings. The summed E-state index contributed by atoms with van der Waals surface area (Å²) in [5.41, 5.74) is 1.98. The molecule has 18 heavy (non-hydrogen) atoms. The van der Waals surface area contributed by atoms with Crippen molar-refractivity contribution in [3.05, 3.63) is 69.3 Å². The fraction of sp³-hybridized carbons (Fsp3) is 0.133. The first kappa shape index (κ1) is 13.2. The fourth-order valence-corrected chi connectivity index (χ4v) is 2.26. The van der Waals surface area contributed by atoms with Crippen LogP contribution in [0.5, 0.6) is 0 Å². The quantitative estimate of drug-likeness (QED) is 0.662. The smallest absolute Gasteiger partial charge is 0.176 e. The molecule has 0 unspecified atom stereocenters. The maximum absolute atomic E-state index is 11.9. The average Bonchev–Trinajstić information content (AvgIpc) is 2.42. The van der Waals surface area contributed by atoms with Gasteiger partial charge < -0.3 is 5.32 Å². The first-order valence-electron chi connectivity index (χ1n) is 5.80. The number of nitrogens with one attached hydrogen (secondary N) is 1. The van der Waals surface area contributed by atoms with Gasteiger partial charge in [0.2, 0.25) is 0 Å². The van der Waals surface area contributed by atoms with Crippen molar-refractivity contribution in [3.63, 3.8) is 0 Å². The van der Waals surface area contributed by atoms with Gasteiger partial charge in [0.25, 0.3) is 0 Å². The van der Waals surface area contributed by atoms with Gasteiger partial charge >= 0.3 is 0 Å². The summed E-state index contributed by atoms with van der Waals surface area (Å²) in [6.45, 7) is 1.09. The normalized spacial score (nSPS) is 10.3. The number of hydrogen-bond acceptors (Lipinski definition) is 2. The lowest BCUT2D eigenvalue weighted by molar-refractivity contribution is 0.0991. The van der Waals surface area contributed by atoms with Gasteiger partial charge in [-0.1, -0.05) is 48.5 Å². The molecule has 1 N–H and O–H groups in total. The average molecular weight is 351 g/mol. The Kier molecular flexibility index (Phi) is 4.90. The lowest BCUT2D eigenvalue weighted by Gasteiger charge is -2.06. The summed E-state index contributed by atoms with van der Waals surface area (Å²) >= 11 is 2.30. The van der Waals surface area contributed by atoms with Gasteiger partial charge in [0.05, 0.1) is 6.54 Å². The third-order valence-corrected chi connectivity index (χ3v) is 3.71. The van der Waals surface area contributed by atoms with Crippen LogP contribution < -0.4 is 5.32 Å². The Morgan fingerprint density at radius 3 is 2.39 bits per heavy atom. The highest BCUT2D eigenvalue weighted by atomic mass is 127. The van der Waals surface area contributed by atoms with Crippen LogP contribution in [-0.2, 0) is 6.54 Å². The van der Waals surface area contributed by atoms with Crippen molar-refractivity contribution in [1.29, 1.82) is 0 Å². The molecule has 0 bridgehead atoms. The maximum Gasteiger partial charge on any atom is 0.176 e. The Hall–Kier alpha value is -1.20. The number of ketones is 1. The van der Waals surface area contributed by atoms with E-state index in [4.69, 9.17) is 0 Å². The van der Waals surface area contributed by atoms with Crippen molar-refractivity contribution in [2.75, 3.05) is 6.54 Å². The SMILES string of the molecule is O=C(CNCc1ccccc1I)c1ccccc1. The van der Waals surface area contributed by atoms with E-state index in [1.54, 1.807) is 0 Å². The molecule has 0 spiro atoms. The molecular formula is C15H14INO. The van der Waals surface area contributed by atoms with E-state index < -0.39 is 0 Å². The summed E-state index contributed by atoms with van der Waals surface area (Å²) in [5.74, 6) is 0.126. The molecule has 0 aliphatic rings. The minimum atomic E-state index is 0.126. The van der Waals surface area contributed by atoms with Gasteiger partial charge in [-0.25, -0.2) is 0 Å². The highest BCUT2D eigenvalue weighted by Crippen LogP contribution is 2.10. The summed E-state index contributed by atoms with van der Waals surface area (Å²) in [6.07, 6.45) is 0. The predicted octanol–water partition coefficient (Wildman–Crippen LogP) is 3.26. The predicted molar refractivity (Wildman–Crippen MR) is 81.6 cm³/mol. The van der Waals surface area contributed by atoms with E-state index in [-0.39, 0.29) is 5.78 Å². The summed E-state index contributed by atoms with van der Waals surface area (Å²) in [5, 5.41) is 3.19. The molecular weight excluding hydrogens is 337 g/mol. The van der Waals surface area contributed by atoms with Gasteiger partial charge in [-0.15, -0.1) is 0 Å². The van der Waals surface area contributed by atoms with E-state index in [1.165, 1.54) is 9.13 Å². The molecule has 0 radical (unpaired) electrons. The van der Waals surface area contributed by atoms with Crippen LogP contribution in [0.1, 0.15) is 15.9 Å². The highest BCUT2D eigenvalue weighted by Gasteiger charge is 2.04. The molecule has 2 nitrogen and oxygen atoms in total. The van der Waals surface area contributed by atoms with Crippen LogP contribution in [0.3, 0.4) is 0 Å². The number of carbonyl (C=O) groups is 1. The molecule has 0 aromatic heterocycles. The molecule has 3 heteroatoms. The topological polar surface area (TPSA) is 29.1 Å². The van der Waals surface area contributed by atoms with E-state index >= 15 is 0 Å². The van der Waals surface area contributed by atoms with Crippen molar-refractivity contribution < 1.29 is 4.79 Å². The second-order valence-corrected chi connectivity index (χ2v) is 5.15. The molecule has 2 rings (SSSR count). The zero-order chi connectivity index (χ0) is 12.8. The van der Waals surface area contributed by atoms with Crippen LogP contribution in [0.25, 0.3) is 0 Å². The van der Waals surface area contributed by atoms with E-state index in [0.29, 0.717) is 6.54 Å². The molecule has 0 heterocycles. The minimum Gasteiger partial charge on any atom is -0.306 e. The monoisotopic (exact) mass is 351 g/mol. The van der Waals surface area contributed by atoms with Gasteiger partial charge in [-0.2, -0.15) is 0 Å². The lowest BCUT2D eigenvalue weighted by atomic mass is 10.1. The molecule has 0 saturated heterocycles. The number of hydrogen-bond donors (Lipinski definition) is 1. The molecule has 0 fully saturated rings. The Bertz CT molecular complexity index is 525. The van der Waals surface area contributed by atoms with Crippen molar-refractivity contribution in [2.45, 2.75) is 6.54 Å². The Balaban J connectivity index is 1.86. The van der Waals surface area contributed by atoms with Crippen molar-refractivity contribution in [3.8, 4) is 0 Å². The second-order valence-electron chi connectivity index (χ2n) is 3.98. The van der Waals surface area contributed by atoms with E-state index in [0.717, 1.165) is 12.1 Å². The summed E-state index contributed by atoms with van der Waals surface area (Å²) in [6, 6.07) is 17.5. The molecule has 0 atom stereocenters. The summed E-state index contributed by atoms with van der Waals surface area (Å²) < 4.78 is 1.22. The van der Waals surface area contributed by atoms with Crippen LogP contribution in [0.15, 0.2) is 54.6 Å². The number of Topliss-reactive ketones (excluding diaryl/α,β-unsaturated/α-hetero) is 1. The summed E-state index contributed by atoms with van der Waals surface area (Å²) in [4.78, 5) is 11.9. The Labute approximate surface area is 121 Å². The molecule has 92 valence electrons. The van der Waals surface area contributed by atoms with E-state index in [9.17, 15) is 4.79 Å². The van der Waals surface area contributed by atoms with Gasteiger partial charge in [-0.3, -0.25) is 4.79 Å². The number of halogens is 1. The zero-order valence-corrected chi connectivity index (χ0v) is 12.1. The van der Waals surface area contributed by atoms with Crippen LogP contribution in [0, 0.1) is 3.57 Å². The van der Waals surface area contributed by atoms with Crippen LogP contribution in [-0.4, -0.2) is 12.3 Å². The fourth-order valence-electron chi connectivity index (χ4n) is 1.68. The standard InChI is InChI=1S/C15H14INO/c16-14-9-5-4-8-13(14)10-17-11-15(18)12-6-2-1-3-7-12/h1-9,17H,10-11H2. The highest BCUT2D eigenvalue weighted by molar-refractivity contribution is 14.1. The Morgan fingerprint density at radius 1 is 1.00 bits per heavy atom. The van der Waals surface area contributed by atoms with E-state index in [1.807, 2.05) is 42.5 Å². The zero-order valence-electron chi connectivity index (χ0n) is 9.90. The van der Waals surface area contributed by atoms with Crippen molar-refractivity contribution in [2.24, 2.45) is 0 Å². The first-order valence-corrected chi connectivity index (χ1v) is 6.87. The molecule has 0 aliphatic heterocycles. The first-order chi connectivity index (χ1) is 8.77. The van der Waals surface area contributed by atoms with Crippen molar-refractivity contribution in [1.82, 2.24) is 5.32 Å². The number of carbonyl (C=O) groups excluding carboxylic acids is 1. The third kappa shape index (κ3) is 3.65. The largest absolute Gasteiger partial charge is 0.306 e. The number of benzene rings is 2. The molecule has 0 saturated carbocycles. The second kappa shape index (κ2) is 6.66. The van der Waals surface area contributed by atoms with Gasteiger partial charge in [0.1, 0.15) is 0 Å². The van der Waals surface area contributed by atoms with Gasteiger partial charge in [0.15, 0.2) is 5.78 Å². The molecule has 0 amide bonds. The van der Waals surface area contributed by atoms with Gasteiger partial charge in [0, 0.05) is 15.7 Å². The van der Waals surface area contributed by atoms with Crippen LogP contribution in [0.4, 0.5) is 0 Å². The number of rotatable bonds is 5. The maximum atomic E-state index is 11.9. The minimum absolute atomic E-state index is 0.126. The summed E-state index contributed by atoms with van der Waals surface area (Å²) in [7, 11) is 0. The van der Waals surface area contributed by atoms with Crippen LogP contribution in [0.2, 0.25) is 0 Å². The Morgan fingerprint density at radius 2 is 1.67 bits per heavy atom. The van der Waals surface area contributed by atoms with Crippen molar-refractivity contribution >= 4 is 28.4 Å². The molecule has 0 aliphatic carbocycles. The lowest BCUT2D eigenvalue weighted by Crippen LogP contribution is -2.22. The van der Waals surface area contributed by atoms with Gasteiger partial charge in [-0.05, 0) is 34.2 Å². The third-order valence-electron chi connectivity index (χ3n) is 2.65. The van der Waals surface area contributed by atoms with Crippen LogP contribution >= 0.6 is 22.6 Å². The van der Waals surface area contributed by atoms with E-state index in [2.05, 4.69) is 40.0 Å².